The van der Waals surface area contributed by atoms with Crippen molar-refractivity contribution in [1.29, 1.82) is 0 Å². The molecule has 0 aromatic heterocycles. The van der Waals surface area contributed by atoms with E-state index >= 15 is 0 Å². The van der Waals surface area contributed by atoms with Crippen LogP contribution in [0.1, 0.15) is 36.0 Å². The van der Waals surface area contributed by atoms with Gasteiger partial charge in [-0.25, -0.2) is 0 Å². The van der Waals surface area contributed by atoms with Crippen molar-refractivity contribution in [1.82, 2.24) is 0 Å². The van der Waals surface area contributed by atoms with Crippen LogP contribution in [0.2, 0.25) is 0 Å². The summed E-state index contributed by atoms with van der Waals surface area (Å²) >= 11 is 0. The van der Waals surface area contributed by atoms with Gasteiger partial charge in [-0.05, 0) is 33.3 Å². The molecule has 0 spiro atoms. The van der Waals surface area contributed by atoms with Crippen molar-refractivity contribution in [2.45, 2.75) is 38.9 Å². The smallest absolute Gasteiger partial charge is 0.400 e. The molecule has 0 unspecified atom stereocenters. The molecule has 0 radical (unpaired) electrons. The molecule has 1 aromatic rings. The fourth-order valence-corrected chi connectivity index (χ4v) is 1.57. The lowest BCUT2D eigenvalue weighted by atomic mass is 9.89. The predicted octanol–water partition coefficient (Wildman–Crippen LogP) is 3.33. The third kappa shape index (κ3) is 2.62. The van der Waals surface area contributed by atoms with Gasteiger partial charge >= 0.3 is 7.12 Å². The first-order valence-electron chi connectivity index (χ1n) is 6.83. The Morgan fingerprint density at radius 2 is 1.59 bits per heavy atom. The molecule has 0 aliphatic carbocycles. The summed E-state index contributed by atoms with van der Waals surface area (Å²) in [5.74, 6) is 0.0600. The molecule has 90 valence electrons. The second-order valence-corrected chi connectivity index (χ2v) is 5.22. The minimum Gasteiger partial charge on any atom is -0.400 e. The molecule has 1 aliphatic heterocycles. The highest BCUT2D eigenvalue weighted by Crippen LogP contribution is 2.36. The van der Waals surface area contributed by atoms with Crippen LogP contribution in [0.5, 0.6) is 0 Å². The molecule has 1 fully saturated rings. The van der Waals surface area contributed by atoms with Crippen LogP contribution in [0.15, 0.2) is 36.3 Å². The lowest BCUT2D eigenvalue weighted by molar-refractivity contribution is 0.00578. The predicted molar refractivity (Wildman–Crippen MR) is 71.6 cm³/mol. The maximum Gasteiger partial charge on any atom is 0.487 e. The van der Waals surface area contributed by atoms with Crippen LogP contribution in [0, 0.1) is 0 Å². The highest BCUT2D eigenvalue weighted by atomic mass is 16.7. The molecule has 0 saturated carbocycles. The van der Waals surface area contributed by atoms with Gasteiger partial charge in [0.25, 0.3) is 0 Å². The molecule has 1 aromatic carbocycles. The first kappa shape index (κ1) is 9.92. The fraction of sp³-hybridized carbons (Fsp3) is 0.429. The Balaban J connectivity index is 2.29. The van der Waals surface area contributed by atoms with Gasteiger partial charge in [0.1, 0.15) is 0 Å². The summed E-state index contributed by atoms with van der Waals surface area (Å²) in [5.41, 5.74) is -0.274. The third-order valence-electron chi connectivity index (χ3n) is 3.36. The molecule has 1 heterocycles. The van der Waals surface area contributed by atoms with Crippen LogP contribution in [0.25, 0.3) is 6.05 Å². The lowest BCUT2D eigenvalue weighted by Gasteiger charge is -2.32. The van der Waals surface area contributed by atoms with E-state index in [1.807, 2.05) is 58.0 Å². The summed E-state index contributed by atoms with van der Waals surface area (Å²) in [5, 5.41) is 0. The molecule has 0 N–H and O–H groups in total. The summed E-state index contributed by atoms with van der Waals surface area (Å²) in [4.78, 5) is 0. The maximum atomic E-state index is 8.11. The lowest BCUT2D eigenvalue weighted by Crippen LogP contribution is -2.41. The standard InChI is InChI=1S/C14H19BO2/c1-13(2)14(3,4)17-15(16-13)11-10-12-8-6-5-7-9-12/h5-11H,1-4H3/b11-10+/i10D,11D. The fourth-order valence-electron chi connectivity index (χ4n) is 1.57. The maximum absolute atomic E-state index is 8.11. The first-order valence-corrected chi connectivity index (χ1v) is 5.83. The van der Waals surface area contributed by atoms with E-state index in [-0.39, 0.29) is 12.0 Å². The van der Waals surface area contributed by atoms with Crippen LogP contribution in [-0.4, -0.2) is 18.3 Å². The van der Waals surface area contributed by atoms with Crippen molar-refractivity contribution in [3.63, 3.8) is 0 Å². The van der Waals surface area contributed by atoms with E-state index in [1.54, 1.807) is 0 Å². The van der Waals surface area contributed by atoms with E-state index in [2.05, 4.69) is 0 Å². The van der Waals surface area contributed by atoms with Crippen LogP contribution >= 0.6 is 0 Å². The normalized spacial score (nSPS) is 25.1. The average Bonchev–Trinajstić information content (AvgIpc) is 2.58. The quantitative estimate of drug-likeness (QED) is 0.728. The van der Waals surface area contributed by atoms with Gasteiger partial charge < -0.3 is 9.31 Å². The summed E-state index contributed by atoms with van der Waals surface area (Å²) in [6.45, 7) is 7.75. The Hall–Kier alpha value is -1.06. The largest absolute Gasteiger partial charge is 0.487 e. The molecule has 2 nitrogen and oxygen atoms in total. The number of hydrogen-bond donors (Lipinski definition) is 0. The molecule has 0 bridgehead atoms. The molecule has 17 heavy (non-hydrogen) atoms. The summed E-state index contributed by atoms with van der Waals surface area (Å²) in [7, 11) is -0.780. The zero-order valence-corrected chi connectivity index (χ0v) is 10.8. The van der Waals surface area contributed by atoms with Crippen molar-refractivity contribution in [2.24, 2.45) is 0 Å². The molecule has 0 atom stereocenters. The Morgan fingerprint density at radius 1 is 1.06 bits per heavy atom. The molecular weight excluding hydrogens is 211 g/mol. The second-order valence-electron chi connectivity index (χ2n) is 5.22. The van der Waals surface area contributed by atoms with Crippen LogP contribution in [0.4, 0.5) is 0 Å². The Morgan fingerprint density at radius 3 is 2.12 bits per heavy atom. The number of hydrogen-bond acceptors (Lipinski definition) is 2. The van der Waals surface area contributed by atoms with Crippen LogP contribution < -0.4 is 0 Å². The van der Waals surface area contributed by atoms with Crippen molar-refractivity contribution in [3.05, 3.63) is 41.8 Å². The van der Waals surface area contributed by atoms with E-state index in [1.165, 1.54) is 0 Å². The zero-order valence-electron chi connectivity index (χ0n) is 12.8. The molecule has 0 amide bonds. The van der Waals surface area contributed by atoms with Crippen LogP contribution in [-0.2, 0) is 9.31 Å². The number of benzene rings is 1. The summed E-state index contributed by atoms with van der Waals surface area (Å²) in [6, 6.07) is 9.33. The van der Waals surface area contributed by atoms with Gasteiger partial charge in [0.2, 0.25) is 0 Å². The van der Waals surface area contributed by atoms with E-state index in [0.717, 1.165) is 0 Å². The Labute approximate surface area is 107 Å². The molecule has 3 heteroatoms. The third-order valence-corrected chi connectivity index (χ3v) is 3.36. The van der Waals surface area contributed by atoms with E-state index in [0.29, 0.717) is 5.56 Å². The topological polar surface area (TPSA) is 18.5 Å². The monoisotopic (exact) mass is 232 g/mol. The van der Waals surface area contributed by atoms with Crippen molar-refractivity contribution in [2.75, 3.05) is 0 Å². The van der Waals surface area contributed by atoms with E-state index in [4.69, 9.17) is 12.1 Å². The van der Waals surface area contributed by atoms with Gasteiger partial charge in [-0.15, -0.1) is 0 Å². The highest BCUT2D eigenvalue weighted by molar-refractivity contribution is 6.52. The SMILES string of the molecule is [2H]/C(B1OC(C)(C)C(C)(C)O1)=C(/[2H])c1ccccc1. The van der Waals surface area contributed by atoms with Crippen molar-refractivity contribution in [3.8, 4) is 0 Å². The van der Waals surface area contributed by atoms with Gasteiger partial charge in [-0.1, -0.05) is 42.3 Å². The first-order chi connectivity index (χ1) is 8.74. The highest BCUT2D eigenvalue weighted by Gasteiger charge is 2.49. The Bertz CT molecular complexity index is 481. The minimum absolute atomic E-state index is 0.0600. The van der Waals surface area contributed by atoms with Crippen molar-refractivity contribution >= 4 is 13.2 Å². The van der Waals surface area contributed by atoms with Crippen LogP contribution in [0.3, 0.4) is 0 Å². The van der Waals surface area contributed by atoms with Gasteiger partial charge in [0.15, 0.2) is 0 Å². The molecule has 1 saturated heterocycles. The van der Waals surface area contributed by atoms with E-state index in [9.17, 15) is 0 Å². The van der Waals surface area contributed by atoms with Crippen molar-refractivity contribution < 1.29 is 12.1 Å². The molecule has 2 rings (SSSR count). The minimum atomic E-state index is -0.780. The Kier molecular flexibility index (Phi) is 2.52. The van der Waals surface area contributed by atoms with E-state index < -0.39 is 18.3 Å². The summed E-state index contributed by atoms with van der Waals surface area (Å²) < 4.78 is 27.7. The second kappa shape index (κ2) is 4.32. The van der Waals surface area contributed by atoms with Gasteiger partial charge in [0, 0.05) is 0 Å². The average molecular weight is 232 g/mol. The van der Waals surface area contributed by atoms with Gasteiger partial charge in [0.05, 0.1) is 13.9 Å². The zero-order chi connectivity index (χ0) is 14.3. The van der Waals surface area contributed by atoms with Gasteiger partial charge in [-0.3, -0.25) is 0 Å². The number of rotatable bonds is 2. The van der Waals surface area contributed by atoms with Gasteiger partial charge in [-0.2, -0.15) is 0 Å². The summed E-state index contributed by atoms with van der Waals surface area (Å²) in [6.07, 6.45) is 0. The molecule has 1 aliphatic rings. The molecular formula is C14H19BO2.